The second-order valence-electron chi connectivity index (χ2n) is 7.66. The number of piperidine rings is 1. The Kier molecular flexibility index (Phi) is 4.82. The van der Waals surface area contributed by atoms with Crippen LogP contribution in [0.25, 0.3) is 11.1 Å². The minimum absolute atomic E-state index is 0.0746. The Morgan fingerprint density at radius 2 is 1.81 bits per heavy atom. The Bertz CT molecular complexity index is 1200. The fraction of sp³-hybridized carbons (Fsp3) is 0.217. The maximum absolute atomic E-state index is 12.7. The number of anilines is 1. The summed E-state index contributed by atoms with van der Waals surface area (Å²) in [4.78, 5) is 38.2. The first-order valence-electron chi connectivity index (χ1n) is 10.1. The molecule has 1 fully saturated rings. The van der Waals surface area contributed by atoms with E-state index in [2.05, 4.69) is 10.4 Å². The minimum Gasteiger partial charge on any atom is -0.305 e. The van der Waals surface area contributed by atoms with E-state index in [0.717, 1.165) is 16.8 Å². The molecule has 7 nitrogen and oxygen atoms in total. The largest absolute Gasteiger partial charge is 0.305 e. The molecule has 1 atom stereocenters. The molecule has 0 saturated carbocycles. The van der Waals surface area contributed by atoms with Crippen molar-refractivity contribution in [3.05, 3.63) is 71.0 Å². The van der Waals surface area contributed by atoms with Gasteiger partial charge in [-0.05, 0) is 35.7 Å². The molecule has 3 heterocycles. The number of benzene rings is 2. The molecule has 8 heteroatoms. The standard InChI is InChI=1S/C23H19ClN4O3/c24-21-16(2-1-3-17(21)18-8-9-20(29)26-22(18)30)14-4-6-15(7-5-14)27-12-13-28-19(23(27)31)10-11-25-28/h1-7,10-11,18H,8-9,12-13H2,(H,26,29,30). The van der Waals surface area contributed by atoms with E-state index in [1.54, 1.807) is 21.8 Å². The van der Waals surface area contributed by atoms with Gasteiger partial charge in [0.25, 0.3) is 5.91 Å². The lowest BCUT2D eigenvalue weighted by Gasteiger charge is -2.27. The van der Waals surface area contributed by atoms with Crippen LogP contribution >= 0.6 is 11.6 Å². The zero-order chi connectivity index (χ0) is 21.5. The zero-order valence-corrected chi connectivity index (χ0v) is 17.3. The molecule has 2 aliphatic heterocycles. The average Bonchev–Trinajstić information content (AvgIpc) is 3.25. The van der Waals surface area contributed by atoms with E-state index >= 15 is 0 Å². The molecule has 0 aliphatic carbocycles. The number of nitrogens with zero attached hydrogens (tertiary/aromatic N) is 3. The molecule has 2 aliphatic rings. The van der Waals surface area contributed by atoms with Gasteiger partial charge in [-0.15, -0.1) is 0 Å². The molecule has 31 heavy (non-hydrogen) atoms. The third kappa shape index (κ3) is 3.41. The molecule has 5 rings (SSSR count). The summed E-state index contributed by atoms with van der Waals surface area (Å²) in [5.74, 6) is -1.08. The van der Waals surface area contributed by atoms with Crippen molar-refractivity contribution in [3.63, 3.8) is 0 Å². The number of halogens is 1. The van der Waals surface area contributed by atoms with Crippen LogP contribution in [0.2, 0.25) is 5.02 Å². The van der Waals surface area contributed by atoms with Gasteiger partial charge in [0.2, 0.25) is 11.8 Å². The Labute approximate surface area is 183 Å². The van der Waals surface area contributed by atoms with Crippen molar-refractivity contribution >= 4 is 35.0 Å². The van der Waals surface area contributed by atoms with Crippen molar-refractivity contribution in [1.29, 1.82) is 0 Å². The summed E-state index contributed by atoms with van der Waals surface area (Å²) < 4.78 is 1.72. The lowest BCUT2D eigenvalue weighted by Crippen LogP contribution is -2.40. The molecule has 0 radical (unpaired) electrons. The predicted molar refractivity (Wildman–Crippen MR) is 116 cm³/mol. The molecular weight excluding hydrogens is 416 g/mol. The maximum atomic E-state index is 12.7. The number of hydrogen-bond donors (Lipinski definition) is 1. The van der Waals surface area contributed by atoms with Crippen LogP contribution in [0.5, 0.6) is 0 Å². The van der Waals surface area contributed by atoms with Gasteiger partial charge in [-0.2, -0.15) is 5.10 Å². The van der Waals surface area contributed by atoms with Gasteiger partial charge in [0, 0.05) is 30.4 Å². The first-order chi connectivity index (χ1) is 15.0. The van der Waals surface area contributed by atoms with Crippen LogP contribution < -0.4 is 10.2 Å². The number of aromatic nitrogens is 2. The predicted octanol–water partition coefficient (Wildman–Crippen LogP) is 3.38. The second-order valence-corrected chi connectivity index (χ2v) is 8.03. The number of nitrogens with one attached hydrogen (secondary N) is 1. The van der Waals surface area contributed by atoms with E-state index in [1.165, 1.54) is 0 Å². The van der Waals surface area contributed by atoms with Crippen LogP contribution in [0.15, 0.2) is 54.7 Å². The lowest BCUT2D eigenvalue weighted by molar-refractivity contribution is -0.134. The Morgan fingerprint density at radius 3 is 2.58 bits per heavy atom. The number of imide groups is 1. The van der Waals surface area contributed by atoms with E-state index in [0.29, 0.717) is 42.2 Å². The molecule has 3 aromatic rings. The molecule has 1 N–H and O–H groups in total. The van der Waals surface area contributed by atoms with Gasteiger partial charge < -0.3 is 4.90 Å². The van der Waals surface area contributed by atoms with Gasteiger partial charge in [0.15, 0.2) is 0 Å². The van der Waals surface area contributed by atoms with Gasteiger partial charge in [-0.1, -0.05) is 41.9 Å². The van der Waals surface area contributed by atoms with Crippen molar-refractivity contribution in [1.82, 2.24) is 15.1 Å². The minimum atomic E-state index is -0.444. The van der Waals surface area contributed by atoms with Crippen LogP contribution in [0.4, 0.5) is 5.69 Å². The van der Waals surface area contributed by atoms with Gasteiger partial charge in [-0.25, -0.2) is 0 Å². The van der Waals surface area contributed by atoms with Gasteiger partial charge in [0.1, 0.15) is 5.69 Å². The third-order valence-electron chi connectivity index (χ3n) is 5.85. The van der Waals surface area contributed by atoms with Crippen LogP contribution in [-0.2, 0) is 16.1 Å². The first kappa shape index (κ1) is 19.5. The van der Waals surface area contributed by atoms with Crippen LogP contribution in [0.1, 0.15) is 34.8 Å². The van der Waals surface area contributed by atoms with Crippen LogP contribution in [0.3, 0.4) is 0 Å². The Hall–Kier alpha value is -3.45. The van der Waals surface area contributed by atoms with E-state index in [4.69, 9.17) is 11.6 Å². The van der Waals surface area contributed by atoms with Gasteiger partial charge >= 0.3 is 0 Å². The van der Waals surface area contributed by atoms with Crippen LogP contribution in [-0.4, -0.2) is 34.0 Å². The fourth-order valence-corrected chi connectivity index (χ4v) is 4.59. The SMILES string of the molecule is O=C1CCC(c2cccc(-c3ccc(N4CCn5nccc5C4=O)cc3)c2Cl)C(=O)N1. The summed E-state index contributed by atoms with van der Waals surface area (Å²) in [6, 6.07) is 15.0. The number of rotatable bonds is 3. The van der Waals surface area contributed by atoms with Crippen molar-refractivity contribution in [2.24, 2.45) is 0 Å². The number of amides is 3. The topological polar surface area (TPSA) is 84.3 Å². The van der Waals surface area contributed by atoms with Crippen molar-refractivity contribution < 1.29 is 14.4 Å². The van der Waals surface area contributed by atoms with E-state index in [-0.39, 0.29) is 17.7 Å². The van der Waals surface area contributed by atoms with Crippen molar-refractivity contribution in [2.45, 2.75) is 25.3 Å². The highest BCUT2D eigenvalue weighted by molar-refractivity contribution is 6.34. The Morgan fingerprint density at radius 1 is 1.00 bits per heavy atom. The molecule has 156 valence electrons. The van der Waals surface area contributed by atoms with Crippen molar-refractivity contribution in [2.75, 3.05) is 11.4 Å². The van der Waals surface area contributed by atoms with Crippen molar-refractivity contribution in [3.8, 4) is 11.1 Å². The molecule has 3 amide bonds. The monoisotopic (exact) mass is 434 g/mol. The maximum Gasteiger partial charge on any atom is 0.276 e. The fourth-order valence-electron chi connectivity index (χ4n) is 4.23. The summed E-state index contributed by atoms with van der Waals surface area (Å²) in [7, 11) is 0. The molecule has 0 bridgehead atoms. The molecular formula is C23H19ClN4O3. The zero-order valence-electron chi connectivity index (χ0n) is 16.5. The van der Waals surface area contributed by atoms with E-state index in [1.807, 2.05) is 42.5 Å². The summed E-state index contributed by atoms with van der Waals surface area (Å²) in [5, 5.41) is 7.05. The number of hydrogen-bond acceptors (Lipinski definition) is 4. The number of carbonyl (C=O) groups excluding carboxylic acids is 3. The molecule has 2 aromatic carbocycles. The first-order valence-corrected chi connectivity index (χ1v) is 10.5. The smallest absolute Gasteiger partial charge is 0.276 e. The average molecular weight is 435 g/mol. The van der Waals surface area contributed by atoms with Gasteiger partial charge in [0.05, 0.1) is 17.5 Å². The number of carbonyl (C=O) groups is 3. The molecule has 1 saturated heterocycles. The second kappa shape index (κ2) is 7.67. The summed E-state index contributed by atoms with van der Waals surface area (Å²) >= 11 is 6.69. The number of fused-ring (bicyclic) bond motifs is 1. The van der Waals surface area contributed by atoms with Crippen LogP contribution in [0, 0.1) is 0 Å². The summed E-state index contributed by atoms with van der Waals surface area (Å²) in [5.41, 5.74) is 3.79. The van der Waals surface area contributed by atoms with E-state index in [9.17, 15) is 14.4 Å². The molecule has 1 aromatic heterocycles. The summed E-state index contributed by atoms with van der Waals surface area (Å²) in [6.45, 7) is 1.20. The van der Waals surface area contributed by atoms with E-state index < -0.39 is 5.92 Å². The highest BCUT2D eigenvalue weighted by Gasteiger charge is 2.30. The highest BCUT2D eigenvalue weighted by Crippen LogP contribution is 2.37. The third-order valence-corrected chi connectivity index (χ3v) is 6.27. The molecule has 0 spiro atoms. The molecule has 1 unspecified atom stereocenters. The summed E-state index contributed by atoms with van der Waals surface area (Å²) in [6.07, 6.45) is 2.38. The van der Waals surface area contributed by atoms with Gasteiger partial charge in [-0.3, -0.25) is 24.4 Å². The highest BCUT2D eigenvalue weighted by atomic mass is 35.5. The Balaban J connectivity index is 1.42. The normalized spacial score (nSPS) is 18.7. The quantitative estimate of drug-likeness (QED) is 0.640. The lowest BCUT2D eigenvalue weighted by atomic mass is 9.88.